The fourth-order valence-electron chi connectivity index (χ4n) is 3.83. The number of ether oxygens (including phenoxy) is 1. The third kappa shape index (κ3) is 5.30. The highest BCUT2D eigenvalue weighted by Gasteiger charge is 2.34. The van der Waals surface area contributed by atoms with E-state index in [4.69, 9.17) is 4.74 Å². The summed E-state index contributed by atoms with van der Waals surface area (Å²) < 4.78 is 6.11. The van der Waals surface area contributed by atoms with Gasteiger partial charge in [0.15, 0.2) is 0 Å². The van der Waals surface area contributed by atoms with E-state index < -0.39 is 0 Å². The van der Waals surface area contributed by atoms with Crippen LogP contribution in [-0.4, -0.2) is 58.4 Å². The van der Waals surface area contributed by atoms with Crippen molar-refractivity contribution in [1.29, 1.82) is 0 Å². The van der Waals surface area contributed by atoms with Crippen LogP contribution >= 0.6 is 0 Å². The molecular weight excluding hydrogens is 342 g/mol. The number of carbonyl (C=O) groups is 2. The van der Waals surface area contributed by atoms with Crippen LogP contribution < -0.4 is 0 Å². The van der Waals surface area contributed by atoms with E-state index in [9.17, 15) is 9.59 Å². The second-order valence-corrected chi connectivity index (χ2v) is 7.19. The lowest BCUT2D eigenvalue weighted by molar-refractivity contribution is -0.138. The molecule has 144 valence electrons. The Hall–Kier alpha value is -2.39. The highest BCUT2D eigenvalue weighted by Crippen LogP contribution is 2.25. The van der Waals surface area contributed by atoms with Gasteiger partial charge in [-0.2, -0.15) is 0 Å². The molecule has 1 aliphatic heterocycles. The minimum Gasteiger partial charge on any atom is -0.370 e. The van der Waals surface area contributed by atoms with Crippen molar-refractivity contribution in [2.75, 3.05) is 19.6 Å². The molecule has 1 atom stereocenters. The summed E-state index contributed by atoms with van der Waals surface area (Å²) in [7, 11) is 0. The quantitative estimate of drug-likeness (QED) is 0.762. The summed E-state index contributed by atoms with van der Waals surface area (Å²) in [6.45, 7) is 3.05. The fourth-order valence-corrected chi connectivity index (χ4v) is 3.83. The second kappa shape index (κ2) is 9.52. The summed E-state index contributed by atoms with van der Waals surface area (Å²) in [6, 6.07) is 4.07. The number of carbonyl (C=O) groups excluding carboxylic acids is 2. The number of hydrogen-bond acceptors (Lipinski definition) is 4. The van der Waals surface area contributed by atoms with Crippen molar-refractivity contribution in [2.45, 2.75) is 57.8 Å². The summed E-state index contributed by atoms with van der Waals surface area (Å²) in [5.41, 5.74) is 1.02. The lowest BCUT2D eigenvalue weighted by Gasteiger charge is -2.34. The van der Waals surface area contributed by atoms with E-state index in [1.807, 2.05) is 17.0 Å². The zero-order valence-corrected chi connectivity index (χ0v) is 15.9. The average molecular weight is 369 g/mol. The summed E-state index contributed by atoms with van der Waals surface area (Å²) in [5.74, 6) is 4.88. The lowest BCUT2D eigenvalue weighted by Crippen LogP contribution is -2.45. The molecule has 2 amide bonds. The van der Waals surface area contributed by atoms with Crippen molar-refractivity contribution in [2.24, 2.45) is 0 Å². The maximum absolute atomic E-state index is 12.9. The molecule has 3 rings (SSSR count). The van der Waals surface area contributed by atoms with E-state index in [1.54, 1.807) is 19.3 Å². The van der Waals surface area contributed by atoms with Gasteiger partial charge in [0.25, 0.3) is 5.91 Å². The number of rotatable bonds is 4. The van der Waals surface area contributed by atoms with Gasteiger partial charge in [0.2, 0.25) is 5.91 Å². The molecule has 1 aliphatic carbocycles. The third-order valence-corrected chi connectivity index (χ3v) is 5.24. The lowest BCUT2D eigenvalue weighted by atomic mass is 9.94. The Balaban J connectivity index is 1.73. The van der Waals surface area contributed by atoms with Crippen LogP contribution in [0.5, 0.6) is 0 Å². The van der Waals surface area contributed by atoms with E-state index in [2.05, 4.69) is 16.8 Å². The standard InChI is InChI=1S/C21H27N3O3/c1-2-6-20(25)23-13-19(27-16-17-9-11-22-12-10-17)14-24(21(26)15-23)18-7-4-3-5-8-18/h9-12,18-19H,3-5,7-8,13-16H2,1H3. The van der Waals surface area contributed by atoms with Crippen LogP contribution in [0.1, 0.15) is 44.6 Å². The maximum atomic E-state index is 12.9. The van der Waals surface area contributed by atoms with Crippen LogP contribution in [0.4, 0.5) is 0 Å². The molecule has 2 heterocycles. The Kier molecular flexibility index (Phi) is 6.83. The molecule has 0 bridgehead atoms. The van der Waals surface area contributed by atoms with E-state index in [0.29, 0.717) is 19.7 Å². The van der Waals surface area contributed by atoms with Gasteiger partial charge >= 0.3 is 0 Å². The van der Waals surface area contributed by atoms with Gasteiger partial charge in [-0.15, -0.1) is 0 Å². The highest BCUT2D eigenvalue weighted by atomic mass is 16.5. The van der Waals surface area contributed by atoms with E-state index in [1.165, 1.54) is 11.3 Å². The molecule has 6 nitrogen and oxygen atoms in total. The summed E-state index contributed by atoms with van der Waals surface area (Å²) in [6.07, 6.45) is 8.84. The van der Waals surface area contributed by atoms with Gasteiger partial charge in [-0.05, 0) is 43.4 Å². The Labute approximate surface area is 160 Å². The van der Waals surface area contributed by atoms with Gasteiger partial charge in [0, 0.05) is 25.0 Å². The van der Waals surface area contributed by atoms with E-state index >= 15 is 0 Å². The van der Waals surface area contributed by atoms with Gasteiger partial charge in [-0.1, -0.05) is 25.2 Å². The van der Waals surface area contributed by atoms with Crippen LogP contribution in [-0.2, 0) is 20.9 Å². The van der Waals surface area contributed by atoms with Crippen molar-refractivity contribution < 1.29 is 14.3 Å². The van der Waals surface area contributed by atoms with Crippen molar-refractivity contribution in [1.82, 2.24) is 14.8 Å². The number of hydrogen-bond donors (Lipinski definition) is 0. The Morgan fingerprint density at radius 3 is 2.67 bits per heavy atom. The largest absolute Gasteiger partial charge is 0.370 e. The van der Waals surface area contributed by atoms with Crippen LogP contribution in [0.15, 0.2) is 24.5 Å². The van der Waals surface area contributed by atoms with Gasteiger partial charge < -0.3 is 14.5 Å². The molecule has 1 saturated heterocycles. The Morgan fingerprint density at radius 1 is 1.22 bits per heavy atom. The molecule has 2 aliphatic rings. The summed E-state index contributed by atoms with van der Waals surface area (Å²) in [4.78, 5) is 32.7. The number of aromatic nitrogens is 1. The molecular formula is C21H27N3O3. The number of pyridine rings is 1. The molecule has 6 heteroatoms. The third-order valence-electron chi connectivity index (χ3n) is 5.24. The zero-order valence-electron chi connectivity index (χ0n) is 15.9. The summed E-state index contributed by atoms with van der Waals surface area (Å²) >= 11 is 0. The van der Waals surface area contributed by atoms with E-state index in [0.717, 1.165) is 31.2 Å². The molecule has 1 aromatic heterocycles. The summed E-state index contributed by atoms with van der Waals surface area (Å²) in [5, 5.41) is 0. The number of amides is 2. The molecule has 0 N–H and O–H groups in total. The normalized spacial score (nSPS) is 21.4. The smallest absolute Gasteiger partial charge is 0.299 e. The first-order valence-corrected chi connectivity index (χ1v) is 9.69. The Bertz CT molecular complexity index is 704. The molecule has 0 aromatic carbocycles. The van der Waals surface area contributed by atoms with E-state index in [-0.39, 0.29) is 30.5 Å². The minimum atomic E-state index is -0.311. The predicted octanol–water partition coefficient (Wildman–Crippen LogP) is 1.99. The van der Waals surface area contributed by atoms with Gasteiger partial charge in [0.1, 0.15) is 6.54 Å². The molecule has 1 saturated carbocycles. The minimum absolute atomic E-state index is 0.00293. The Morgan fingerprint density at radius 2 is 1.96 bits per heavy atom. The van der Waals surface area contributed by atoms with Crippen molar-refractivity contribution in [3.8, 4) is 11.8 Å². The van der Waals surface area contributed by atoms with Crippen LogP contribution in [0.3, 0.4) is 0 Å². The van der Waals surface area contributed by atoms with Crippen LogP contribution in [0.25, 0.3) is 0 Å². The molecule has 2 fully saturated rings. The maximum Gasteiger partial charge on any atom is 0.299 e. The zero-order chi connectivity index (χ0) is 19.1. The first-order chi connectivity index (χ1) is 13.2. The molecule has 1 aromatic rings. The monoisotopic (exact) mass is 369 g/mol. The SMILES string of the molecule is CC#CC(=O)N1CC(=O)N(C2CCCCC2)CC(OCc2ccncc2)C1. The van der Waals surface area contributed by atoms with Gasteiger partial charge in [-0.25, -0.2) is 0 Å². The van der Waals surface area contributed by atoms with Crippen molar-refractivity contribution in [3.05, 3.63) is 30.1 Å². The molecule has 0 spiro atoms. The molecule has 0 radical (unpaired) electrons. The van der Waals surface area contributed by atoms with Crippen LogP contribution in [0, 0.1) is 11.8 Å². The van der Waals surface area contributed by atoms with Crippen molar-refractivity contribution >= 4 is 11.8 Å². The first-order valence-electron chi connectivity index (χ1n) is 9.69. The molecule has 27 heavy (non-hydrogen) atoms. The van der Waals surface area contributed by atoms with Gasteiger partial charge in [-0.3, -0.25) is 14.6 Å². The van der Waals surface area contributed by atoms with Crippen LogP contribution in [0.2, 0.25) is 0 Å². The topological polar surface area (TPSA) is 62.7 Å². The number of nitrogens with zero attached hydrogens (tertiary/aromatic N) is 3. The highest BCUT2D eigenvalue weighted by molar-refractivity contribution is 5.96. The average Bonchev–Trinajstić information content (AvgIpc) is 2.87. The second-order valence-electron chi connectivity index (χ2n) is 7.19. The first kappa shape index (κ1) is 19.4. The van der Waals surface area contributed by atoms with Crippen molar-refractivity contribution in [3.63, 3.8) is 0 Å². The molecule has 1 unspecified atom stereocenters. The van der Waals surface area contributed by atoms with Gasteiger partial charge in [0.05, 0.1) is 19.3 Å². The fraction of sp³-hybridized carbons (Fsp3) is 0.571. The predicted molar refractivity (Wildman–Crippen MR) is 101 cm³/mol.